The Hall–Kier alpha value is -1.37. The molecule has 0 aromatic heterocycles. The molecule has 27 heavy (non-hydrogen) atoms. The predicted octanol–water partition coefficient (Wildman–Crippen LogP) is 6.83. The van der Waals surface area contributed by atoms with Crippen LogP contribution in [0.5, 0.6) is 0 Å². The Labute approximate surface area is 167 Å². The van der Waals surface area contributed by atoms with E-state index >= 15 is 0 Å². The lowest BCUT2D eigenvalue weighted by molar-refractivity contribution is -0.119. The summed E-state index contributed by atoms with van der Waals surface area (Å²) in [5, 5.41) is 0. The normalized spacial score (nSPS) is 16.1. The van der Waals surface area contributed by atoms with Gasteiger partial charge in [0.25, 0.3) is 0 Å². The van der Waals surface area contributed by atoms with Crippen molar-refractivity contribution in [1.29, 1.82) is 0 Å². The van der Waals surface area contributed by atoms with E-state index < -0.39 is 0 Å². The van der Waals surface area contributed by atoms with Gasteiger partial charge in [-0.1, -0.05) is 52.7 Å². The Morgan fingerprint density at radius 3 is 2.48 bits per heavy atom. The molecule has 0 amide bonds. The van der Waals surface area contributed by atoms with Crippen molar-refractivity contribution < 1.29 is 9.53 Å². The Morgan fingerprint density at radius 2 is 1.85 bits per heavy atom. The van der Waals surface area contributed by atoms with Crippen LogP contribution in [0.15, 0.2) is 41.2 Å². The van der Waals surface area contributed by atoms with Crippen molar-refractivity contribution in [3.8, 4) is 0 Å². The molecule has 0 saturated heterocycles. The van der Waals surface area contributed by atoms with Crippen molar-refractivity contribution in [1.82, 2.24) is 0 Å². The summed E-state index contributed by atoms with van der Waals surface area (Å²) in [5.74, 6) is 1.91. The lowest BCUT2D eigenvalue weighted by atomic mass is 9.86. The lowest BCUT2D eigenvalue weighted by Gasteiger charge is -2.20. The fraction of sp³-hybridized carbons (Fsp3) is 0.680. The van der Waals surface area contributed by atoms with Crippen LogP contribution >= 0.6 is 0 Å². The minimum atomic E-state index is 0.0836. The quantitative estimate of drug-likeness (QED) is 0.247. The van der Waals surface area contributed by atoms with Gasteiger partial charge in [-0.25, -0.2) is 0 Å². The van der Waals surface area contributed by atoms with Gasteiger partial charge in [0.15, 0.2) is 5.78 Å². The number of carbonyl (C=O) groups is 1. The van der Waals surface area contributed by atoms with Gasteiger partial charge in [-0.3, -0.25) is 4.79 Å². The Balaban J connectivity index is 2.62. The molecule has 0 aromatic rings. The number of rotatable bonds is 14. The number of allylic oxidation sites excluding steroid dienone is 5. The van der Waals surface area contributed by atoms with Gasteiger partial charge in [-0.2, -0.15) is 0 Å². The van der Waals surface area contributed by atoms with Crippen LogP contribution in [0.25, 0.3) is 0 Å². The lowest BCUT2D eigenvalue weighted by Crippen LogP contribution is -2.15. The molecule has 1 rings (SSSR count). The Bertz CT molecular complexity index is 559. The molecule has 2 atom stereocenters. The standard InChI is InChI=1S/C25H40O2/c1-6-11-23(20(3)4)14-8-12-21-13-9-15-24(18-17-21)25(26)22(7-2)16-10-19-27-5/h13,15,17-18,20,22-23H,6-8,10-12,14,16,19H2,1-5H3. The molecule has 1 aliphatic rings. The van der Waals surface area contributed by atoms with Gasteiger partial charge in [0.2, 0.25) is 0 Å². The molecule has 0 aliphatic heterocycles. The van der Waals surface area contributed by atoms with Crippen LogP contribution in [0.1, 0.15) is 79.1 Å². The maximum atomic E-state index is 12.8. The summed E-state index contributed by atoms with van der Waals surface area (Å²) in [6.45, 7) is 9.77. The number of ether oxygens (including phenoxy) is 1. The van der Waals surface area contributed by atoms with Crippen molar-refractivity contribution >= 4 is 5.78 Å². The second-order valence-corrected chi connectivity index (χ2v) is 8.11. The van der Waals surface area contributed by atoms with Gasteiger partial charge in [-0.15, -0.1) is 5.73 Å². The average molecular weight is 373 g/mol. The minimum Gasteiger partial charge on any atom is -0.385 e. The van der Waals surface area contributed by atoms with Gasteiger partial charge < -0.3 is 4.74 Å². The minimum absolute atomic E-state index is 0.0836. The van der Waals surface area contributed by atoms with Crippen molar-refractivity contribution in [2.24, 2.45) is 17.8 Å². The monoisotopic (exact) mass is 372 g/mol. The van der Waals surface area contributed by atoms with E-state index in [1.165, 1.54) is 31.3 Å². The number of hydrogen-bond donors (Lipinski definition) is 0. The first-order chi connectivity index (χ1) is 13.0. The van der Waals surface area contributed by atoms with E-state index in [1.54, 1.807) is 7.11 Å². The van der Waals surface area contributed by atoms with E-state index in [0.29, 0.717) is 0 Å². The van der Waals surface area contributed by atoms with E-state index in [0.717, 1.165) is 49.7 Å². The first-order valence-corrected chi connectivity index (χ1v) is 10.9. The number of carbonyl (C=O) groups excluding carboxylic acids is 1. The van der Waals surface area contributed by atoms with Crippen LogP contribution in [-0.2, 0) is 9.53 Å². The van der Waals surface area contributed by atoms with E-state index in [1.807, 2.05) is 18.2 Å². The molecule has 2 unspecified atom stereocenters. The van der Waals surface area contributed by atoms with E-state index in [9.17, 15) is 4.79 Å². The third kappa shape index (κ3) is 8.91. The van der Waals surface area contributed by atoms with Crippen LogP contribution < -0.4 is 0 Å². The highest BCUT2D eigenvalue weighted by atomic mass is 16.5. The SMILES string of the molecule is CCCC(CCCC1=CC=C(C(=O)C(CC)CCCOC)C=C=C1)C(C)C. The number of Topliss-reactive ketones (excluding diaryl/α,β-unsaturated/α-hetero) is 1. The molecule has 0 saturated carbocycles. The summed E-state index contributed by atoms with van der Waals surface area (Å²) in [5.41, 5.74) is 5.30. The topological polar surface area (TPSA) is 26.3 Å². The summed E-state index contributed by atoms with van der Waals surface area (Å²) in [7, 11) is 1.71. The number of methoxy groups -OCH3 is 1. The third-order valence-corrected chi connectivity index (χ3v) is 5.68. The van der Waals surface area contributed by atoms with Crippen LogP contribution in [0.3, 0.4) is 0 Å². The molecule has 0 radical (unpaired) electrons. The molecule has 152 valence electrons. The number of ketones is 1. The van der Waals surface area contributed by atoms with Gasteiger partial charge in [0, 0.05) is 25.2 Å². The highest BCUT2D eigenvalue weighted by molar-refractivity contribution is 6.00. The fourth-order valence-electron chi connectivity index (χ4n) is 3.82. The zero-order valence-electron chi connectivity index (χ0n) is 18.2. The van der Waals surface area contributed by atoms with Crippen molar-refractivity contribution in [2.75, 3.05) is 13.7 Å². The molecule has 2 nitrogen and oxygen atoms in total. The highest BCUT2D eigenvalue weighted by Crippen LogP contribution is 2.25. The first kappa shape index (κ1) is 23.7. The molecule has 0 spiro atoms. The van der Waals surface area contributed by atoms with E-state index in [2.05, 4.69) is 39.5 Å². The van der Waals surface area contributed by atoms with Crippen molar-refractivity contribution in [3.05, 3.63) is 41.2 Å². The summed E-state index contributed by atoms with van der Waals surface area (Å²) < 4.78 is 5.12. The Kier molecular flexibility index (Phi) is 12.1. The zero-order valence-corrected chi connectivity index (χ0v) is 18.2. The molecule has 0 N–H and O–H groups in total. The van der Waals surface area contributed by atoms with Gasteiger partial charge in [0.1, 0.15) is 0 Å². The van der Waals surface area contributed by atoms with Crippen molar-refractivity contribution in [3.63, 3.8) is 0 Å². The van der Waals surface area contributed by atoms with Crippen molar-refractivity contribution in [2.45, 2.75) is 79.1 Å². The van der Waals surface area contributed by atoms with Gasteiger partial charge in [0.05, 0.1) is 0 Å². The predicted molar refractivity (Wildman–Crippen MR) is 116 cm³/mol. The molecular formula is C25H40O2. The summed E-state index contributed by atoms with van der Waals surface area (Å²) >= 11 is 0. The summed E-state index contributed by atoms with van der Waals surface area (Å²) in [6, 6.07) is 0. The second kappa shape index (κ2) is 13.7. The smallest absolute Gasteiger partial charge is 0.166 e. The second-order valence-electron chi connectivity index (χ2n) is 8.11. The highest BCUT2D eigenvalue weighted by Gasteiger charge is 2.19. The van der Waals surface area contributed by atoms with Crippen LogP contribution in [0.4, 0.5) is 0 Å². The first-order valence-electron chi connectivity index (χ1n) is 10.9. The molecule has 0 aromatic carbocycles. The largest absolute Gasteiger partial charge is 0.385 e. The third-order valence-electron chi connectivity index (χ3n) is 5.68. The van der Waals surface area contributed by atoms with Crippen LogP contribution in [-0.4, -0.2) is 19.5 Å². The molecule has 0 fully saturated rings. The summed E-state index contributed by atoms with van der Waals surface area (Å²) in [6.07, 6.45) is 16.9. The van der Waals surface area contributed by atoms with Gasteiger partial charge >= 0.3 is 0 Å². The zero-order chi connectivity index (χ0) is 20.1. The Morgan fingerprint density at radius 1 is 1.07 bits per heavy atom. The van der Waals surface area contributed by atoms with Crippen LogP contribution in [0.2, 0.25) is 0 Å². The molecular weight excluding hydrogens is 332 g/mol. The van der Waals surface area contributed by atoms with E-state index in [-0.39, 0.29) is 11.7 Å². The molecule has 0 heterocycles. The molecule has 2 heteroatoms. The maximum Gasteiger partial charge on any atom is 0.166 e. The average Bonchev–Trinajstić information content (AvgIpc) is 2.90. The summed E-state index contributed by atoms with van der Waals surface area (Å²) in [4.78, 5) is 12.8. The molecule has 0 bridgehead atoms. The number of hydrogen-bond acceptors (Lipinski definition) is 2. The van der Waals surface area contributed by atoms with E-state index in [4.69, 9.17) is 4.74 Å². The van der Waals surface area contributed by atoms with Crippen LogP contribution in [0, 0.1) is 17.8 Å². The molecule has 1 aliphatic carbocycles. The maximum absolute atomic E-state index is 12.8. The van der Waals surface area contributed by atoms with Gasteiger partial charge in [-0.05, 0) is 68.1 Å². The fourth-order valence-corrected chi connectivity index (χ4v) is 3.82.